The van der Waals surface area contributed by atoms with Crippen molar-refractivity contribution in [3.05, 3.63) is 23.8 Å². The number of nitrogens with zero attached hydrogens (tertiary/aromatic N) is 3. The molecule has 0 atom stereocenters. The van der Waals surface area contributed by atoms with Gasteiger partial charge in [0.05, 0.1) is 5.69 Å². The van der Waals surface area contributed by atoms with E-state index in [0.717, 1.165) is 0 Å². The predicted molar refractivity (Wildman–Crippen MR) is 107 cm³/mol. The summed E-state index contributed by atoms with van der Waals surface area (Å²) in [4.78, 5) is 27.7. The van der Waals surface area contributed by atoms with Crippen LogP contribution in [0.5, 0.6) is 0 Å². The van der Waals surface area contributed by atoms with E-state index < -0.39 is 10.0 Å². The van der Waals surface area contributed by atoms with Crippen LogP contribution >= 0.6 is 0 Å². The Morgan fingerprint density at radius 1 is 1.25 bits per heavy atom. The van der Waals surface area contributed by atoms with E-state index in [4.69, 9.17) is 5.73 Å². The van der Waals surface area contributed by atoms with Crippen LogP contribution in [0.3, 0.4) is 0 Å². The second kappa shape index (κ2) is 7.54. The first-order valence-corrected chi connectivity index (χ1v) is 10.9. The average molecular weight is 407 g/mol. The highest BCUT2D eigenvalue weighted by Gasteiger charge is 2.32. The monoisotopic (exact) mass is 406 g/mol. The van der Waals surface area contributed by atoms with Crippen LogP contribution in [0.1, 0.15) is 44.0 Å². The number of sulfonamides is 1. The fourth-order valence-electron chi connectivity index (χ4n) is 3.67. The second-order valence-corrected chi connectivity index (χ2v) is 9.34. The van der Waals surface area contributed by atoms with Gasteiger partial charge < -0.3 is 15.5 Å². The average Bonchev–Trinajstić information content (AvgIpc) is 2.63. The third kappa shape index (κ3) is 3.89. The number of carbonyl (C=O) groups is 2. The smallest absolute Gasteiger partial charge is 0.286 e. The third-order valence-corrected chi connectivity index (χ3v) is 6.54. The van der Waals surface area contributed by atoms with E-state index in [9.17, 15) is 18.0 Å². The first-order chi connectivity index (χ1) is 13.1. The number of nitrogens with two attached hydrogens (primary N) is 1. The zero-order valence-electron chi connectivity index (χ0n) is 16.4. The van der Waals surface area contributed by atoms with Crippen LogP contribution in [-0.2, 0) is 14.8 Å². The molecule has 8 nitrogen and oxygen atoms in total. The van der Waals surface area contributed by atoms with Crippen molar-refractivity contribution in [1.29, 1.82) is 0 Å². The lowest BCUT2D eigenvalue weighted by Gasteiger charge is -2.32. The topological polar surface area (TPSA) is 113 Å². The number of fused-ring (bicyclic) bond motifs is 1. The second-order valence-electron chi connectivity index (χ2n) is 7.77. The van der Waals surface area contributed by atoms with Crippen molar-refractivity contribution in [3.8, 4) is 0 Å². The third-order valence-electron chi connectivity index (χ3n) is 5.15. The fourth-order valence-corrected chi connectivity index (χ4v) is 4.93. The number of primary amides is 1. The molecule has 9 heteroatoms. The number of piperidine rings is 1. The molecule has 0 aromatic heterocycles. The number of benzene rings is 1. The summed E-state index contributed by atoms with van der Waals surface area (Å²) in [5, 5.41) is 0. The zero-order valence-corrected chi connectivity index (χ0v) is 17.2. The van der Waals surface area contributed by atoms with Gasteiger partial charge >= 0.3 is 0 Å². The minimum Gasteiger partial charge on any atom is -0.369 e. The zero-order chi connectivity index (χ0) is 20.6. The Morgan fingerprint density at radius 3 is 2.46 bits per heavy atom. The molecular formula is C19H26N4O4S. The standard InChI is InChI=1S/C19H26N4O4S/c1-12(2)11-23-13(3)21-28(26,27)17-10-15(4-5-16(17)23)19(25)22-8-6-14(7-9-22)18(20)24/h4-5,10,12,14H,6-9,11H2,1-3H3,(H2,20,24). The van der Waals surface area contributed by atoms with Gasteiger partial charge in [0.15, 0.2) is 0 Å². The number of hydrogen-bond acceptors (Lipinski definition) is 5. The van der Waals surface area contributed by atoms with E-state index in [-0.39, 0.29) is 22.6 Å². The summed E-state index contributed by atoms with van der Waals surface area (Å²) < 4.78 is 29.1. The summed E-state index contributed by atoms with van der Waals surface area (Å²) in [5.41, 5.74) is 6.19. The lowest BCUT2D eigenvalue weighted by Crippen LogP contribution is -2.42. The maximum Gasteiger partial charge on any atom is 0.286 e. The van der Waals surface area contributed by atoms with Gasteiger partial charge in [-0.1, -0.05) is 13.8 Å². The molecule has 2 aliphatic heterocycles. The molecule has 0 bridgehead atoms. The van der Waals surface area contributed by atoms with Gasteiger partial charge in [0.2, 0.25) is 5.91 Å². The molecule has 3 rings (SSSR count). The Kier molecular flexibility index (Phi) is 5.47. The molecule has 0 aliphatic carbocycles. The molecule has 1 aromatic carbocycles. The van der Waals surface area contributed by atoms with Crippen LogP contribution in [0.15, 0.2) is 27.5 Å². The molecule has 0 radical (unpaired) electrons. The van der Waals surface area contributed by atoms with Crippen LogP contribution < -0.4 is 10.6 Å². The number of hydrogen-bond donors (Lipinski definition) is 1. The van der Waals surface area contributed by atoms with Crippen LogP contribution in [0, 0.1) is 11.8 Å². The number of carbonyl (C=O) groups excluding carboxylic acids is 2. The van der Waals surface area contributed by atoms with Gasteiger partial charge in [0, 0.05) is 31.1 Å². The molecular weight excluding hydrogens is 380 g/mol. The highest BCUT2D eigenvalue weighted by molar-refractivity contribution is 7.90. The largest absolute Gasteiger partial charge is 0.369 e. The van der Waals surface area contributed by atoms with Crippen molar-refractivity contribution in [2.24, 2.45) is 22.0 Å². The first kappa shape index (κ1) is 20.3. The quantitative estimate of drug-likeness (QED) is 0.816. The number of amidine groups is 1. The van der Waals surface area contributed by atoms with Crippen molar-refractivity contribution in [1.82, 2.24) is 4.90 Å². The summed E-state index contributed by atoms with van der Waals surface area (Å²) in [6.45, 7) is 7.24. The number of anilines is 1. The summed E-state index contributed by atoms with van der Waals surface area (Å²) in [5.74, 6) is -0.0663. The van der Waals surface area contributed by atoms with Crippen LogP contribution in [0.2, 0.25) is 0 Å². The molecule has 1 aromatic rings. The Morgan fingerprint density at radius 2 is 1.89 bits per heavy atom. The maximum absolute atomic E-state index is 12.9. The van der Waals surface area contributed by atoms with Crippen LogP contribution in [0.25, 0.3) is 0 Å². The van der Waals surface area contributed by atoms with E-state index in [2.05, 4.69) is 4.40 Å². The van der Waals surface area contributed by atoms with E-state index in [0.29, 0.717) is 55.5 Å². The Balaban J connectivity index is 1.89. The first-order valence-electron chi connectivity index (χ1n) is 9.42. The van der Waals surface area contributed by atoms with E-state index >= 15 is 0 Å². The van der Waals surface area contributed by atoms with Crippen molar-refractivity contribution in [2.45, 2.75) is 38.5 Å². The lowest BCUT2D eigenvalue weighted by atomic mass is 9.96. The van der Waals surface area contributed by atoms with Gasteiger partial charge in [-0.15, -0.1) is 4.40 Å². The Bertz CT molecular complexity index is 931. The van der Waals surface area contributed by atoms with E-state index in [1.165, 1.54) is 6.07 Å². The van der Waals surface area contributed by atoms with E-state index in [1.807, 2.05) is 18.7 Å². The molecule has 1 fully saturated rings. The van der Waals surface area contributed by atoms with Gasteiger partial charge in [-0.25, -0.2) is 0 Å². The Labute approximate surface area is 165 Å². The molecule has 0 saturated carbocycles. The normalized spacial score (nSPS) is 19.4. The Hall–Kier alpha value is -2.42. The highest BCUT2D eigenvalue weighted by Crippen LogP contribution is 2.33. The predicted octanol–water partition coefficient (Wildman–Crippen LogP) is 1.61. The summed E-state index contributed by atoms with van der Waals surface area (Å²) in [6, 6.07) is 4.75. The molecule has 1 saturated heterocycles. The molecule has 0 unspecified atom stereocenters. The minimum absolute atomic E-state index is 0.0524. The number of likely N-dealkylation sites (tertiary alicyclic amines) is 1. The van der Waals surface area contributed by atoms with Crippen molar-refractivity contribution in [2.75, 3.05) is 24.5 Å². The van der Waals surface area contributed by atoms with Gasteiger partial charge in [-0.2, -0.15) is 8.42 Å². The molecule has 2 heterocycles. The summed E-state index contributed by atoms with van der Waals surface area (Å²) in [6.07, 6.45) is 1.05. The minimum atomic E-state index is -3.85. The lowest BCUT2D eigenvalue weighted by molar-refractivity contribution is -0.123. The van der Waals surface area contributed by atoms with Crippen molar-refractivity contribution in [3.63, 3.8) is 0 Å². The molecule has 28 heavy (non-hydrogen) atoms. The fraction of sp³-hybridized carbons (Fsp3) is 0.526. The number of rotatable bonds is 4. The van der Waals surface area contributed by atoms with Gasteiger partial charge in [-0.3, -0.25) is 9.59 Å². The van der Waals surface area contributed by atoms with Crippen LogP contribution in [0.4, 0.5) is 5.69 Å². The van der Waals surface area contributed by atoms with Crippen molar-refractivity contribution >= 4 is 33.4 Å². The van der Waals surface area contributed by atoms with Gasteiger partial charge in [-0.05, 0) is 43.9 Å². The number of amides is 2. The van der Waals surface area contributed by atoms with Crippen LogP contribution in [-0.4, -0.2) is 50.6 Å². The maximum atomic E-state index is 12.9. The molecule has 2 amide bonds. The van der Waals surface area contributed by atoms with Gasteiger partial charge in [0.1, 0.15) is 10.7 Å². The molecule has 152 valence electrons. The summed E-state index contributed by atoms with van der Waals surface area (Å²) in [7, 11) is -3.85. The molecule has 2 N–H and O–H groups in total. The van der Waals surface area contributed by atoms with Crippen molar-refractivity contribution < 1.29 is 18.0 Å². The molecule has 2 aliphatic rings. The van der Waals surface area contributed by atoms with E-state index in [1.54, 1.807) is 24.0 Å². The SMILES string of the molecule is CC1=NS(=O)(=O)c2cc(C(=O)N3CCC(C(N)=O)CC3)ccc2N1CC(C)C. The highest BCUT2D eigenvalue weighted by atomic mass is 32.2. The molecule has 0 spiro atoms. The van der Waals surface area contributed by atoms with Gasteiger partial charge in [0.25, 0.3) is 15.9 Å². The summed E-state index contributed by atoms with van der Waals surface area (Å²) >= 11 is 0.